The molecule has 0 radical (unpaired) electrons. The third-order valence-corrected chi connectivity index (χ3v) is 4.22. The molecule has 2 heterocycles. The number of nitrogen functional groups attached to an aromatic ring is 1. The molecule has 0 saturated carbocycles. The lowest BCUT2D eigenvalue weighted by atomic mass is 10.2. The lowest BCUT2D eigenvalue weighted by Crippen LogP contribution is -2.46. The van der Waals surface area contributed by atoms with Gasteiger partial charge in [-0.1, -0.05) is 11.6 Å². The minimum atomic E-state index is 0.361. The lowest BCUT2D eigenvalue weighted by Gasteiger charge is -2.35. The monoisotopic (exact) mass is 295 g/mol. The number of nitrogens with two attached hydrogens (primary N) is 1. The largest absolute Gasteiger partial charge is 0.368 e. The van der Waals surface area contributed by atoms with Gasteiger partial charge in [-0.05, 0) is 24.3 Å². The van der Waals surface area contributed by atoms with Crippen molar-refractivity contribution in [3.63, 3.8) is 0 Å². The van der Waals surface area contributed by atoms with Crippen LogP contribution in [0.4, 0.5) is 16.8 Å². The van der Waals surface area contributed by atoms with Crippen molar-refractivity contribution in [2.75, 3.05) is 41.7 Å². The number of benzene rings is 1. The average Bonchev–Trinajstić information content (AvgIpc) is 2.87. The summed E-state index contributed by atoms with van der Waals surface area (Å²) in [5, 5.41) is 1.68. The lowest BCUT2D eigenvalue weighted by molar-refractivity contribution is 0.652. The third-order valence-electron chi connectivity index (χ3n) is 3.17. The van der Waals surface area contributed by atoms with Crippen LogP contribution in [0, 0.1) is 0 Å². The number of nitrogens with zero attached hydrogens (tertiary/aromatic N) is 4. The molecule has 1 aliphatic rings. The molecule has 5 nitrogen and oxygen atoms in total. The third kappa shape index (κ3) is 2.74. The Labute approximate surface area is 120 Å². The Hall–Kier alpha value is -1.53. The number of anilines is 3. The van der Waals surface area contributed by atoms with Gasteiger partial charge in [0.1, 0.15) is 0 Å². The molecule has 0 spiro atoms. The number of rotatable bonds is 2. The van der Waals surface area contributed by atoms with E-state index in [0.717, 1.165) is 36.3 Å². The molecule has 1 fully saturated rings. The number of hydrogen-bond acceptors (Lipinski definition) is 6. The highest BCUT2D eigenvalue weighted by molar-refractivity contribution is 7.09. The van der Waals surface area contributed by atoms with Crippen molar-refractivity contribution in [3.8, 4) is 0 Å². The normalized spacial score (nSPS) is 15.8. The van der Waals surface area contributed by atoms with Crippen molar-refractivity contribution in [1.82, 2.24) is 9.36 Å². The molecule has 1 saturated heterocycles. The molecule has 7 heteroatoms. The predicted molar refractivity (Wildman–Crippen MR) is 80.2 cm³/mol. The summed E-state index contributed by atoms with van der Waals surface area (Å²) in [6.45, 7) is 3.77. The zero-order valence-electron chi connectivity index (χ0n) is 10.3. The van der Waals surface area contributed by atoms with Gasteiger partial charge < -0.3 is 15.5 Å². The van der Waals surface area contributed by atoms with Crippen LogP contribution < -0.4 is 15.5 Å². The second kappa shape index (κ2) is 5.22. The molecule has 0 bridgehead atoms. The Morgan fingerprint density at radius 3 is 2.26 bits per heavy atom. The summed E-state index contributed by atoms with van der Waals surface area (Å²) in [5.74, 6) is 0.361. The molecule has 2 aromatic rings. The van der Waals surface area contributed by atoms with Crippen LogP contribution in [0.2, 0.25) is 5.02 Å². The van der Waals surface area contributed by atoms with Gasteiger partial charge in [0.25, 0.3) is 0 Å². The fourth-order valence-electron chi connectivity index (χ4n) is 2.16. The second-order valence-electron chi connectivity index (χ2n) is 4.39. The average molecular weight is 296 g/mol. The standard InChI is InChI=1S/C12H14ClN5S/c13-9-1-3-10(4-2-9)17-5-7-18(8-6-17)12-15-11(14)16-19-12/h1-4H,5-8H2,(H2,14,16). The van der Waals surface area contributed by atoms with Crippen LogP contribution in [0.5, 0.6) is 0 Å². The van der Waals surface area contributed by atoms with Gasteiger partial charge in [0.15, 0.2) is 0 Å². The minimum absolute atomic E-state index is 0.361. The topological polar surface area (TPSA) is 58.3 Å². The van der Waals surface area contributed by atoms with Crippen LogP contribution >= 0.6 is 23.1 Å². The Bertz CT molecular complexity index is 548. The SMILES string of the molecule is Nc1nsc(N2CCN(c3ccc(Cl)cc3)CC2)n1. The maximum atomic E-state index is 5.90. The maximum Gasteiger partial charge on any atom is 0.233 e. The first-order valence-corrected chi connectivity index (χ1v) is 7.22. The van der Waals surface area contributed by atoms with Crippen LogP contribution in [-0.4, -0.2) is 35.5 Å². The van der Waals surface area contributed by atoms with Crippen molar-refractivity contribution < 1.29 is 0 Å². The summed E-state index contributed by atoms with van der Waals surface area (Å²) in [7, 11) is 0. The van der Waals surface area contributed by atoms with Crippen molar-refractivity contribution in [2.24, 2.45) is 0 Å². The second-order valence-corrected chi connectivity index (χ2v) is 5.55. The van der Waals surface area contributed by atoms with E-state index in [0.29, 0.717) is 5.95 Å². The van der Waals surface area contributed by atoms with Crippen LogP contribution in [0.3, 0.4) is 0 Å². The molecule has 1 aliphatic heterocycles. The van der Waals surface area contributed by atoms with Crippen LogP contribution in [-0.2, 0) is 0 Å². The Morgan fingerprint density at radius 1 is 1.05 bits per heavy atom. The number of aromatic nitrogens is 2. The molecule has 0 atom stereocenters. The van der Waals surface area contributed by atoms with E-state index in [1.54, 1.807) is 0 Å². The zero-order valence-corrected chi connectivity index (χ0v) is 11.9. The van der Waals surface area contributed by atoms with Crippen LogP contribution in [0.25, 0.3) is 0 Å². The first kappa shape index (κ1) is 12.5. The minimum Gasteiger partial charge on any atom is -0.368 e. The fraction of sp³-hybridized carbons (Fsp3) is 0.333. The van der Waals surface area contributed by atoms with Crippen molar-refractivity contribution >= 4 is 39.9 Å². The highest BCUT2D eigenvalue weighted by atomic mass is 35.5. The van der Waals surface area contributed by atoms with E-state index >= 15 is 0 Å². The molecule has 3 rings (SSSR count). The highest BCUT2D eigenvalue weighted by Gasteiger charge is 2.19. The molecule has 0 aliphatic carbocycles. The summed E-state index contributed by atoms with van der Waals surface area (Å²) >= 11 is 7.26. The molecular formula is C12H14ClN5S. The number of piperazine rings is 1. The van der Waals surface area contributed by atoms with E-state index in [9.17, 15) is 0 Å². The summed E-state index contributed by atoms with van der Waals surface area (Å²) in [6, 6.07) is 7.96. The molecule has 2 N–H and O–H groups in total. The summed E-state index contributed by atoms with van der Waals surface area (Å²) in [5.41, 5.74) is 6.77. The Morgan fingerprint density at radius 2 is 1.68 bits per heavy atom. The van der Waals surface area contributed by atoms with E-state index in [4.69, 9.17) is 17.3 Å². The van der Waals surface area contributed by atoms with Crippen molar-refractivity contribution in [3.05, 3.63) is 29.3 Å². The van der Waals surface area contributed by atoms with Crippen molar-refractivity contribution in [1.29, 1.82) is 0 Å². The van der Waals surface area contributed by atoms with Gasteiger partial charge in [-0.25, -0.2) is 0 Å². The van der Waals surface area contributed by atoms with Crippen molar-refractivity contribution in [2.45, 2.75) is 0 Å². The van der Waals surface area contributed by atoms with Gasteiger partial charge in [-0.15, -0.1) is 0 Å². The summed E-state index contributed by atoms with van der Waals surface area (Å²) in [4.78, 5) is 8.79. The number of hydrogen-bond donors (Lipinski definition) is 1. The number of halogens is 1. The Balaban J connectivity index is 1.64. The molecule has 19 heavy (non-hydrogen) atoms. The highest BCUT2D eigenvalue weighted by Crippen LogP contribution is 2.23. The predicted octanol–water partition coefficient (Wildman–Crippen LogP) is 2.10. The van der Waals surface area contributed by atoms with E-state index in [1.807, 2.05) is 12.1 Å². The van der Waals surface area contributed by atoms with Gasteiger partial charge in [-0.3, -0.25) is 0 Å². The summed E-state index contributed by atoms with van der Waals surface area (Å²) < 4.78 is 4.02. The molecule has 0 unspecified atom stereocenters. The van der Waals surface area contributed by atoms with Crippen LogP contribution in [0.15, 0.2) is 24.3 Å². The molecule has 0 amide bonds. The van der Waals surface area contributed by atoms with Crippen LogP contribution in [0.1, 0.15) is 0 Å². The smallest absolute Gasteiger partial charge is 0.233 e. The molecular weight excluding hydrogens is 282 g/mol. The summed E-state index contributed by atoms with van der Waals surface area (Å²) in [6.07, 6.45) is 0. The van der Waals surface area contributed by atoms with Gasteiger partial charge >= 0.3 is 0 Å². The zero-order chi connectivity index (χ0) is 13.2. The quantitative estimate of drug-likeness (QED) is 0.919. The Kier molecular flexibility index (Phi) is 3.44. The van der Waals surface area contributed by atoms with E-state index in [-0.39, 0.29) is 0 Å². The van der Waals surface area contributed by atoms with Gasteiger partial charge in [0, 0.05) is 48.4 Å². The van der Waals surface area contributed by atoms with Gasteiger partial charge in [0.2, 0.25) is 11.1 Å². The first-order chi connectivity index (χ1) is 9.22. The maximum absolute atomic E-state index is 5.90. The van der Waals surface area contributed by atoms with E-state index < -0.39 is 0 Å². The van der Waals surface area contributed by atoms with E-state index in [1.165, 1.54) is 17.2 Å². The molecule has 1 aromatic heterocycles. The fourth-order valence-corrected chi connectivity index (χ4v) is 2.94. The molecule has 1 aromatic carbocycles. The van der Waals surface area contributed by atoms with Gasteiger partial charge in [0.05, 0.1) is 0 Å². The molecule has 100 valence electrons. The van der Waals surface area contributed by atoms with E-state index in [2.05, 4.69) is 31.3 Å². The first-order valence-electron chi connectivity index (χ1n) is 6.07. The van der Waals surface area contributed by atoms with Gasteiger partial charge in [-0.2, -0.15) is 9.36 Å².